The van der Waals surface area contributed by atoms with E-state index in [0.29, 0.717) is 30.1 Å². The molecule has 1 aromatic carbocycles. The Balaban J connectivity index is 2.10. The highest BCUT2D eigenvalue weighted by molar-refractivity contribution is 5.75. The van der Waals surface area contributed by atoms with Gasteiger partial charge in [-0.3, -0.25) is 13.9 Å². The molecule has 3 aromatic rings. The van der Waals surface area contributed by atoms with Crippen LogP contribution in [-0.2, 0) is 13.1 Å². The number of aromatic amines is 1. The molecule has 6 nitrogen and oxygen atoms in total. The monoisotopic (exact) mass is 366 g/mol. The topological polar surface area (TPSA) is 72.7 Å². The normalized spacial score (nSPS) is 11.7. The van der Waals surface area contributed by atoms with E-state index in [2.05, 4.69) is 35.9 Å². The van der Waals surface area contributed by atoms with Crippen LogP contribution in [0.3, 0.4) is 0 Å². The summed E-state index contributed by atoms with van der Waals surface area (Å²) < 4.78 is 2.89. The van der Waals surface area contributed by atoms with Gasteiger partial charge in [0.2, 0.25) is 0 Å². The third-order valence-electron chi connectivity index (χ3n) is 4.74. The molecule has 0 aliphatic rings. The van der Waals surface area contributed by atoms with E-state index in [1.165, 1.54) is 15.7 Å². The lowest BCUT2D eigenvalue weighted by Gasteiger charge is -2.09. The summed E-state index contributed by atoms with van der Waals surface area (Å²) in [5.41, 5.74) is 3.76. The fraction of sp³-hybridized carbons (Fsp3) is 0.381. The third kappa shape index (κ3) is 3.65. The predicted octanol–water partition coefficient (Wildman–Crippen LogP) is 3.49. The number of aromatic nitrogens is 4. The van der Waals surface area contributed by atoms with Gasteiger partial charge in [-0.1, -0.05) is 38.1 Å². The zero-order chi connectivity index (χ0) is 19.6. The number of nitrogens with zero attached hydrogens (tertiary/aromatic N) is 3. The van der Waals surface area contributed by atoms with Crippen LogP contribution in [-0.4, -0.2) is 19.1 Å². The molecule has 0 aliphatic heterocycles. The molecular weight excluding hydrogens is 340 g/mol. The Labute approximate surface area is 158 Å². The Morgan fingerprint density at radius 3 is 2.37 bits per heavy atom. The summed E-state index contributed by atoms with van der Waals surface area (Å²) in [6, 6.07) is 6.23. The van der Waals surface area contributed by atoms with Gasteiger partial charge in [-0.2, -0.15) is 0 Å². The van der Waals surface area contributed by atoms with E-state index in [-0.39, 0.29) is 11.2 Å². The highest BCUT2D eigenvalue weighted by Gasteiger charge is 2.15. The second kappa shape index (κ2) is 7.78. The number of hydrogen-bond acceptors (Lipinski definition) is 3. The molecule has 0 saturated heterocycles. The zero-order valence-corrected chi connectivity index (χ0v) is 16.4. The van der Waals surface area contributed by atoms with E-state index >= 15 is 0 Å². The second-order valence-electron chi connectivity index (χ2n) is 6.89. The van der Waals surface area contributed by atoms with E-state index in [0.717, 1.165) is 18.4 Å². The van der Waals surface area contributed by atoms with Crippen molar-refractivity contribution in [3.8, 4) is 0 Å². The maximum Gasteiger partial charge on any atom is 0.332 e. The summed E-state index contributed by atoms with van der Waals surface area (Å²) >= 11 is 0. The van der Waals surface area contributed by atoms with Gasteiger partial charge in [-0.15, -0.1) is 0 Å². The fourth-order valence-electron chi connectivity index (χ4n) is 3.15. The predicted molar refractivity (Wildman–Crippen MR) is 110 cm³/mol. The van der Waals surface area contributed by atoms with Gasteiger partial charge in [0.1, 0.15) is 11.3 Å². The van der Waals surface area contributed by atoms with Crippen molar-refractivity contribution in [1.29, 1.82) is 0 Å². The molecule has 27 heavy (non-hydrogen) atoms. The van der Waals surface area contributed by atoms with Crippen molar-refractivity contribution < 1.29 is 0 Å². The lowest BCUT2D eigenvalue weighted by molar-refractivity contribution is 0.555. The van der Waals surface area contributed by atoms with E-state index in [1.54, 1.807) is 4.57 Å². The van der Waals surface area contributed by atoms with E-state index in [4.69, 9.17) is 0 Å². The van der Waals surface area contributed by atoms with Crippen molar-refractivity contribution in [3.63, 3.8) is 0 Å². The number of nitrogens with one attached hydrogen (secondary N) is 1. The first kappa shape index (κ1) is 18.9. The lowest BCUT2D eigenvalue weighted by Crippen LogP contribution is -2.40. The molecule has 2 heterocycles. The van der Waals surface area contributed by atoms with Crippen LogP contribution in [0.15, 0.2) is 27.8 Å². The molecule has 0 amide bonds. The minimum Gasteiger partial charge on any atom is -0.333 e. The molecule has 2 aromatic heterocycles. The molecule has 6 heteroatoms. The minimum atomic E-state index is -0.303. The summed E-state index contributed by atoms with van der Waals surface area (Å²) in [4.78, 5) is 33.0. The van der Waals surface area contributed by atoms with Crippen LogP contribution in [0, 0.1) is 13.8 Å². The standard InChI is InChI=1S/C21H26N4O2/c1-5-11-24-19-18(20(26)25(12-6-2)21(24)27)22-17(23-19)10-9-16-8-7-14(3)15(4)13-16/h7-10,13H,5-6,11-12H2,1-4H3,(H,22,23)/b10-9+. The van der Waals surface area contributed by atoms with Gasteiger partial charge < -0.3 is 4.98 Å². The SMILES string of the molecule is CCCn1c(=O)c2[nH]c(/C=C/c3ccc(C)c(C)c3)nc2n(CCC)c1=O. The van der Waals surface area contributed by atoms with Gasteiger partial charge in [0.15, 0.2) is 5.65 Å². The number of hydrogen-bond donors (Lipinski definition) is 1. The zero-order valence-electron chi connectivity index (χ0n) is 16.4. The van der Waals surface area contributed by atoms with Crippen LogP contribution in [0.1, 0.15) is 49.2 Å². The number of H-pyrrole nitrogens is 1. The quantitative estimate of drug-likeness (QED) is 0.726. The van der Waals surface area contributed by atoms with Gasteiger partial charge in [0, 0.05) is 13.1 Å². The van der Waals surface area contributed by atoms with Crippen LogP contribution in [0.2, 0.25) is 0 Å². The van der Waals surface area contributed by atoms with Crippen LogP contribution < -0.4 is 11.2 Å². The van der Waals surface area contributed by atoms with E-state index < -0.39 is 0 Å². The van der Waals surface area contributed by atoms with Crippen molar-refractivity contribution in [3.05, 3.63) is 61.6 Å². The second-order valence-corrected chi connectivity index (χ2v) is 6.89. The molecule has 0 saturated carbocycles. The minimum absolute atomic E-state index is 0.285. The molecule has 0 radical (unpaired) electrons. The Hall–Kier alpha value is -2.89. The van der Waals surface area contributed by atoms with Gasteiger partial charge in [-0.05, 0) is 49.5 Å². The molecule has 0 atom stereocenters. The molecule has 142 valence electrons. The van der Waals surface area contributed by atoms with Gasteiger partial charge in [0.05, 0.1) is 0 Å². The van der Waals surface area contributed by atoms with Crippen LogP contribution in [0.4, 0.5) is 0 Å². The van der Waals surface area contributed by atoms with Crippen molar-refractivity contribution in [2.24, 2.45) is 0 Å². The third-order valence-corrected chi connectivity index (χ3v) is 4.74. The molecule has 0 spiro atoms. The maximum absolute atomic E-state index is 12.7. The Kier molecular flexibility index (Phi) is 5.44. The summed E-state index contributed by atoms with van der Waals surface area (Å²) in [5.74, 6) is 0.568. The summed E-state index contributed by atoms with van der Waals surface area (Å²) in [6.07, 6.45) is 5.31. The number of imidazole rings is 1. The Morgan fingerprint density at radius 1 is 1.00 bits per heavy atom. The molecule has 0 fully saturated rings. The number of fused-ring (bicyclic) bond motifs is 1. The summed E-state index contributed by atoms with van der Waals surface area (Å²) in [6.45, 7) is 9.05. The van der Waals surface area contributed by atoms with Crippen LogP contribution >= 0.6 is 0 Å². The number of benzene rings is 1. The highest BCUT2D eigenvalue weighted by Crippen LogP contribution is 2.14. The Bertz CT molecular complexity index is 1120. The highest BCUT2D eigenvalue weighted by atomic mass is 16.2. The molecule has 0 aliphatic carbocycles. The first-order valence-electron chi connectivity index (χ1n) is 9.45. The first-order chi connectivity index (χ1) is 13.0. The smallest absolute Gasteiger partial charge is 0.332 e. The molecule has 1 N–H and O–H groups in total. The van der Waals surface area contributed by atoms with Gasteiger partial charge in [0.25, 0.3) is 5.56 Å². The number of rotatable bonds is 6. The van der Waals surface area contributed by atoms with Crippen molar-refractivity contribution in [1.82, 2.24) is 19.1 Å². The van der Waals surface area contributed by atoms with E-state index in [9.17, 15) is 9.59 Å². The van der Waals surface area contributed by atoms with Crippen molar-refractivity contribution in [2.75, 3.05) is 0 Å². The largest absolute Gasteiger partial charge is 0.333 e. The van der Waals surface area contributed by atoms with Crippen LogP contribution in [0.25, 0.3) is 23.3 Å². The van der Waals surface area contributed by atoms with Crippen molar-refractivity contribution in [2.45, 2.75) is 53.6 Å². The van der Waals surface area contributed by atoms with Gasteiger partial charge in [-0.25, -0.2) is 9.78 Å². The average Bonchev–Trinajstić information content (AvgIpc) is 3.07. The van der Waals surface area contributed by atoms with Crippen molar-refractivity contribution >= 4 is 23.3 Å². The fourth-order valence-corrected chi connectivity index (χ4v) is 3.15. The summed E-state index contributed by atoms with van der Waals surface area (Å²) in [5, 5.41) is 0. The van der Waals surface area contributed by atoms with Crippen LogP contribution in [0.5, 0.6) is 0 Å². The van der Waals surface area contributed by atoms with Gasteiger partial charge >= 0.3 is 5.69 Å². The molecule has 0 unspecified atom stereocenters. The molecule has 3 rings (SSSR count). The Morgan fingerprint density at radius 2 is 1.70 bits per heavy atom. The maximum atomic E-state index is 12.7. The average molecular weight is 366 g/mol. The molecule has 0 bridgehead atoms. The molecular formula is C21H26N4O2. The lowest BCUT2D eigenvalue weighted by atomic mass is 10.1. The summed E-state index contributed by atoms with van der Waals surface area (Å²) in [7, 11) is 0. The van der Waals surface area contributed by atoms with E-state index in [1.807, 2.05) is 32.1 Å². The first-order valence-corrected chi connectivity index (χ1v) is 9.45. The number of aryl methyl sites for hydroxylation is 3.